The molecule has 1 heterocycles. The molecule has 1 amide bonds. The number of carbonyl (C=O) groups excluding carboxylic acids is 1. The number of aliphatic carboxylic acids is 1. The van der Waals surface area contributed by atoms with Crippen LogP contribution >= 0.6 is 0 Å². The number of nitrogens with zero attached hydrogens (tertiary/aromatic N) is 3. The third kappa shape index (κ3) is 3.04. The Morgan fingerprint density at radius 2 is 2.24 bits per heavy atom. The van der Waals surface area contributed by atoms with Gasteiger partial charge in [0.1, 0.15) is 6.07 Å². The van der Waals surface area contributed by atoms with Crippen molar-refractivity contribution in [3.8, 4) is 6.07 Å². The zero-order chi connectivity index (χ0) is 13.0. The van der Waals surface area contributed by atoms with Crippen LogP contribution in [0.4, 0.5) is 5.88 Å². The summed E-state index contributed by atoms with van der Waals surface area (Å²) in [5.74, 6) is -1.19. The van der Waals surface area contributed by atoms with Gasteiger partial charge in [0, 0.05) is 20.4 Å². The molecular formula is C10H11N3O4. The van der Waals surface area contributed by atoms with Crippen LogP contribution in [0.2, 0.25) is 0 Å². The molecular weight excluding hydrogens is 226 g/mol. The maximum Gasteiger partial charge on any atom is 0.305 e. The Labute approximate surface area is 97.3 Å². The summed E-state index contributed by atoms with van der Waals surface area (Å²) in [6.45, 7) is 2.74. The highest BCUT2D eigenvalue weighted by Gasteiger charge is 2.22. The van der Waals surface area contributed by atoms with Gasteiger partial charge in [-0.15, -0.1) is 0 Å². The summed E-state index contributed by atoms with van der Waals surface area (Å²) in [4.78, 5) is 26.7. The SMILES string of the molecule is CC(=O)N(CCC(=O)O)c1oc(C)nc1C#N. The van der Waals surface area contributed by atoms with Gasteiger partial charge in [-0.1, -0.05) is 0 Å². The number of nitriles is 1. The van der Waals surface area contributed by atoms with Crippen molar-refractivity contribution in [2.24, 2.45) is 0 Å². The van der Waals surface area contributed by atoms with Gasteiger partial charge in [-0.05, 0) is 0 Å². The normalized spacial score (nSPS) is 9.71. The second-order valence-electron chi connectivity index (χ2n) is 3.31. The lowest BCUT2D eigenvalue weighted by atomic mass is 10.3. The molecule has 1 N–H and O–H groups in total. The number of hydrogen-bond donors (Lipinski definition) is 1. The fourth-order valence-electron chi connectivity index (χ4n) is 1.28. The molecule has 0 fully saturated rings. The van der Waals surface area contributed by atoms with Crippen molar-refractivity contribution in [1.82, 2.24) is 4.98 Å². The molecule has 90 valence electrons. The first-order valence-electron chi connectivity index (χ1n) is 4.83. The fourth-order valence-corrected chi connectivity index (χ4v) is 1.28. The quantitative estimate of drug-likeness (QED) is 0.825. The van der Waals surface area contributed by atoms with Crippen LogP contribution in [-0.4, -0.2) is 28.5 Å². The molecule has 0 spiro atoms. The van der Waals surface area contributed by atoms with Crippen molar-refractivity contribution in [3.63, 3.8) is 0 Å². The van der Waals surface area contributed by atoms with Crippen LogP contribution in [-0.2, 0) is 9.59 Å². The number of aryl methyl sites for hydroxylation is 1. The van der Waals surface area contributed by atoms with Crippen molar-refractivity contribution in [3.05, 3.63) is 11.6 Å². The van der Waals surface area contributed by atoms with E-state index in [1.54, 1.807) is 13.0 Å². The molecule has 0 unspecified atom stereocenters. The number of rotatable bonds is 4. The number of amides is 1. The first kappa shape index (κ1) is 12.7. The number of aromatic nitrogens is 1. The van der Waals surface area contributed by atoms with E-state index in [4.69, 9.17) is 14.8 Å². The van der Waals surface area contributed by atoms with E-state index in [0.29, 0.717) is 0 Å². The standard InChI is InChI=1S/C10H11N3O4/c1-6-12-8(5-11)10(17-6)13(7(2)14)4-3-9(15)16/h3-4H2,1-2H3,(H,15,16). The second-order valence-corrected chi connectivity index (χ2v) is 3.31. The van der Waals surface area contributed by atoms with Crippen LogP contribution in [0.1, 0.15) is 24.9 Å². The lowest BCUT2D eigenvalue weighted by Crippen LogP contribution is -2.31. The molecule has 0 bridgehead atoms. The Morgan fingerprint density at radius 1 is 1.59 bits per heavy atom. The molecule has 0 aliphatic carbocycles. The summed E-state index contributed by atoms with van der Waals surface area (Å²) < 4.78 is 5.14. The number of anilines is 1. The lowest BCUT2D eigenvalue weighted by Gasteiger charge is -2.16. The average Bonchev–Trinajstić information content (AvgIpc) is 2.59. The third-order valence-electron chi connectivity index (χ3n) is 2.00. The topological polar surface area (TPSA) is 107 Å². The number of carboxylic acid groups (broad SMARTS) is 1. The Morgan fingerprint density at radius 3 is 2.71 bits per heavy atom. The van der Waals surface area contributed by atoms with Crippen molar-refractivity contribution >= 4 is 17.8 Å². The molecule has 17 heavy (non-hydrogen) atoms. The van der Waals surface area contributed by atoms with Crippen molar-refractivity contribution < 1.29 is 19.1 Å². The molecule has 0 atom stereocenters. The summed E-state index contributed by atoms with van der Waals surface area (Å²) in [6.07, 6.45) is -0.232. The number of carbonyl (C=O) groups is 2. The summed E-state index contributed by atoms with van der Waals surface area (Å²) in [5.41, 5.74) is -0.0249. The molecule has 7 heteroatoms. The predicted octanol–water partition coefficient (Wildman–Crippen LogP) is 0.682. The Bertz CT molecular complexity index is 486. The number of carboxylic acids is 1. The molecule has 1 aromatic rings. The predicted molar refractivity (Wildman–Crippen MR) is 56.2 cm³/mol. The lowest BCUT2D eigenvalue weighted by molar-refractivity contribution is -0.136. The maximum absolute atomic E-state index is 11.4. The molecule has 0 aliphatic rings. The van der Waals surface area contributed by atoms with Crippen molar-refractivity contribution in [2.45, 2.75) is 20.3 Å². The van der Waals surface area contributed by atoms with Crippen LogP contribution < -0.4 is 4.90 Å². The van der Waals surface area contributed by atoms with Gasteiger partial charge in [-0.2, -0.15) is 5.26 Å². The van der Waals surface area contributed by atoms with Crippen LogP contribution in [0.15, 0.2) is 4.42 Å². The molecule has 7 nitrogen and oxygen atoms in total. The minimum absolute atomic E-state index is 0.00116. The van der Waals surface area contributed by atoms with E-state index in [1.807, 2.05) is 0 Å². The molecule has 0 aromatic carbocycles. The van der Waals surface area contributed by atoms with Crippen LogP contribution in [0.5, 0.6) is 0 Å². The summed E-state index contributed by atoms with van der Waals surface area (Å²) in [7, 11) is 0. The third-order valence-corrected chi connectivity index (χ3v) is 2.00. The molecule has 1 aromatic heterocycles. The van der Waals surface area contributed by atoms with E-state index in [1.165, 1.54) is 6.92 Å². The first-order valence-corrected chi connectivity index (χ1v) is 4.83. The fraction of sp³-hybridized carbons (Fsp3) is 0.400. The van der Waals surface area contributed by atoms with E-state index in [9.17, 15) is 9.59 Å². The average molecular weight is 237 g/mol. The van der Waals surface area contributed by atoms with Gasteiger partial charge in [0.2, 0.25) is 17.5 Å². The van der Waals surface area contributed by atoms with Crippen molar-refractivity contribution in [1.29, 1.82) is 5.26 Å². The molecule has 1 rings (SSSR count). The van der Waals surface area contributed by atoms with E-state index in [0.717, 1.165) is 4.90 Å². The van der Waals surface area contributed by atoms with Crippen LogP contribution in [0.3, 0.4) is 0 Å². The Hall–Kier alpha value is -2.36. The van der Waals surface area contributed by atoms with Gasteiger partial charge in [-0.25, -0.2) is 4.98 Å². The largest absolute Gasteiger partial charge is 0.481 e. The summed E-state index contributed by atoms with van der Waals surface area (Å²) >= 11 is 0. The summed E-state index contributed by atoms with van der Waals surface area (Å²) in [6, 6.07) is 1.79. The number of oxazole rings is 1. The van der Waals surface area contributed by atoms with E-state index in [2.05, 4.69) is 4.98 Å². The van der Waals surface area contributed by atoms with Crippen LogP contribution in [0.25, 0.3) is 0 Å². The first-order chi connectivity index (χ1) is 7.95. The highest BCUT2D eigenvalue weighted by atomic mass is 16.4. The molecule has 0 saturated carbocycles. The van der Waals surface area contributed by atoms with E-state index < -0.39 is 11.9 Å². The summed E-state index contributed by atoms with van der Waals surface area (Å²) in [5, 5.41) is 17.4. The highest BCUT2D eigenvalue weighted by Crippen LogP contribution is 2.21. The molecule has 0 radical (unpaired) electrons. The molecule has 0 aliphatic heterocycles. The zero-order valence-corrected chi connectivity index (χ0v) is 9.43. The smallest absolute Gasteiger partial charge is 0.305 e. The zero-order valence-electron chi connectivity index (χ0n) is 9.43. The van der Waals surface area contributed by atoms with E-state index >= 15 is 0 Å². The molecule has 0 saturated heterocycles. The van der Waals surface area contributed by atoms with Crippen LogP contribution in [0, 0.1) is 18.3 Å². The maximum atomic E-state index is 11.4. The van der Waals surface area contributed by atoms with Gasteiger partial charge in [0.05, 0.1) is 6.42 Å². The van der Waals surface area contributed by atoms with Gasteiger partial charge in [0.25, 0.3) is 0 Å². The minimum atomic E-state index is -1.04. The monoisotopic (exact) mass is 237 g/mol. The number of hydrogen-bond acceptors (Lipinski definition) is 5. The Kier molecular flexibility index (Phi) is 3.82. The van der Waals surface area contributed by atoms with E-state index in [-0.39, 0.29) is 30.4 Å². The highest BCUT2D eigenvalue weighted by molar-refractivity contribution is 5.91. The van der Waals surface area contributed by atoms with Crippen molar-refractivity contribution in [2.75, 3.05) is 11.4 Å². The second kappa shape index (κ2) is 5.12. The van der Waals surface area contributed by atoms with Gasteiger partial charge in [0.15, 0.2) is 5.89 Å². The Balaban J connectivity index is 3.01. The van der Waals surface area contributed by atoms with Gasteiger partial charge >= 0.3 is 5.97 Å². The van der Waals surface area contributed by atoms with Gasteiger partial charge < -0.3 is 9.52 Å². The van der Waals surface area contributed by atoms with Gasteiger partial charge in [-0.3, -0.25) is 14.5 Å². The minimum Gasteiger partial charge on any atom is -0.481 e.